The third-order valence-electron chi connectivity index (χ3n) is 3.85. The molecule has 0 bridgehead atoms. The van der Waals surface area contributed by atoms with Gasteiger partial charge in [0.2, 0.25) is 5.95 Å². The van der Waals surface area contributed by atoms with Crippen molar-refractivity contribution in [3.63, 3.8) is 0 Å². The molecule has 1 saturated heterocycles. The molecule has 1 amide bonds. The summed E-state index contributed by atoms with van der Waals surface area (Å²) in [6.07, 6.45) is 2.36. The second-order valence-electron chi connectivity index (χ2n) is 6.20. The molecule has 1 fully saturated rings. The molecule has 0 aromatic carbocycles. The maximum atomic E-state index is 12.0. The minimum atomic E-state index is -1.25. The van der Waals surface area contributed by atoms with Crippen molar-refractivity contribution in [1.29, 1.82) is 0 Å². The number of nitrogens with zero attached hydrogens (tertiary/aromatic N) is 4. The molecular weight excluding hydrogens is 312 g/mol. The van der Waals surface area contributed by atoms with Crippen LogP contribution in [0.4, 0.5) is 10.7 Å². The first-order chi connectivity index (χ1) is 11.5. The normalized spacial score (nSPS) is 16.2. The summed E-state index contributed by atoms with van der Waals surface area (Å²) in [6, 6.07) is 1.74. The average Bonchev–Trinajstić information content (AvgIpc) is 2.60. The van der Waals surface area contributed by atoms with Crippen molar-refractivity contribution < 1.29 is 19.4 Å². The van der Waals surface area contributed by atoms with E-state index < -0.39 is 18.2 Å². The van der Waals surface area contributed by atoms with E-state index in [1.807, 2.05) is 18.7 Å². The monoisotopic (exact) mass is 336 g/mol. The van der Waals surface area contributed by atoms with Crippen LogP contribution in [0, 0.1) is 5.92 Å². The van der Waals surface area contributed by atoms with Crippen LogP contribution in [0.2, 0.25) is 0 Å². The van der Waals surface area contributed by atoms with Crippen LogP contribution < -0.4 is 4.90 Å². The van der Waals surface area contributed by atoms with Gasteiger partial charge in [-0.1, -0.05) is 13.8 Å². The lowest BCUT2D eigenvalue weighted by atomic mass is 10.1. The van der Waals surface area contributed by atoms with Crippen molar-refractivity contribution in [3.8, 4) is 0 Å². The first kappa shape index (κ1) is 18.1. The van der Waals surface area contributed by atoms with Gasteiger partial charge in [-0.3, -0.25) is 0 Å². The molecule has 132 valence electrons. The van der Waals surface area contributed by atoms with Crippen LogP contribution in [0.1, 0.15) is 26.7 Å². The van der Waals surface area contributed by atoms with Gasteiger partial charge in [-0.05, 0) is 24.8 Å². The number of esters is 1. The van der Waals surface area contributed by atoms with E-state index >= 15 is 0 Å². The molecule has 8 nitrogen and oxygen atoms in total. The quantitative estimate of drug-likeness (QED) is 0.634. The Balaban J connectivity index is 1.77. The fourth-order valence-corrected chi connectivity index (χ4v) is 2.37. The number of ether oxygens (including phenoxy) is 1. The van der Waals surface area contributed by atoms with Gasteiger partial charge >= 0.3 is 12.1 Å². The second-order valence-corrected chi connectivity index (χ2v) is 6.20. The molecule has 1 aliphatic heterocycles. The first-order valence-electron chi connectivity index (χ1n) is 8.18. The zero-order valence-corrected chi connectivity index (χ0v) is 14.1. The zero-order chi connectivity index (χ0) is 17.5. The molecule has 8 heteroatoms. The predicted octanol–water partition coefficient (Wildman–Crippen LogP) is 1.06. The largest absolute Gasteiger partial charge is 0.417 e. The Bertz CT molecular complexity index is 544. The molecule has 0 radical (unpaired) electrons. The summed E-state index contributed by atoms with van der Waals surface area (Å²) < 4.78 is 4.77. The third-order valence-corrected chi connectivity index (χ3v) is 3.85. The highest BCUT2D eigenvalue weighted by molar-refractivity contribution is 5.87. The topological polar surface area (TPSA) is 95.9 Å². The van der Waals surface area contributed by atoms with E-state index in [1.54, 1.807) is 18.5 Å². The van der Waals surface area contributed by atoms with Gasteiger partial charge in [-0.25, -0.2) is 19.6 Å². The number of aliphatic hydroxyl groups is 1. The summed E-state index contributed by atoms with van der Waals surface area (Å²) in [5.74, 6) is 0.108. The highest BCUT2D eigenvalue weighted by Crippen LogP contribution is 2.12. The Kier molecular flexibility index (Phi) is 6.48. The fourth-order valence-electron chi connectivity index (χ4n) is 2.37. The highest BCUT2D eigenvalue weighted by atomic mass is 16.6. The zero-order valence-electron chi connectivity index (χ0n) is 14.1. The third kappa shape index (κ3) is 5.16. The lowest BCUT2D eigenvalue weighted by molar-refractivity contribution is -0.148. The predicted molar refractivity (Wildman–Crippen MR) is 87.4 cm³/mol. The second kappa shape index (κ2) is 8.58. The van der Waals surface area contributed by atoms with Gasteiger partial charge in [-0.2, -0.15) is 0 Å². The molecule has 0 spiro atoms. The Morgan fingerprint density at radius 1 is 1.17 bits per heavy atom. The van der Waals surface area contributed by atoms with Crippen molar-refractivity contribution in [2.24, 2.45) is 5.92 Å². The number of piperazine rings is 1. The summed E-state index contributed by atoms with van der Waals surface area (Å²) in [5.41, 5.74) is 0. The highest BCUT2D eigenvalue weighted by Gasteiger charge is 2.27. The van der Waals surface area contributed by atoms with E-state index in [-0.39, 0.29) is 0 Å². The van der Waals surface area contributed by atoms with Gasteiger partial charge in [0.05, 0.1) is 0 Å². The Morgan fingerprint density at radius 3 is 2.38 bits per heavy atom. The maximum absolute atomic E-state index is 12.0. The van der Waals surface area contributed by atoms with Gasteiger partial charge in [-0.15, -0.1) is 0 Å². The van der Waals surface area contributed by atoms with E-state index in [4.69, 9.17) is 4.74 Å². The molecule has 0 aliphatic carbocycles. The van der Waals surface area contributed by atoms with Crippen molar-refractivity contribution in [2.75, 3.05) is 31.1 Å². The van der Waals surface area contributed by atoms with E-state index in [9.17, 15) is 14.7 Å². The van der Waals surface area contributed by atoms with Crippen LogP contribution in [0.25, 0.3) is 0 Å². The minimum absolute atomic E-state index is 0.295. The summed E-state index contributed by atoms with van der Waals surface area (Å²) >= 11 is 0. The average molecular weight is 336 g/mol. The molecule has 1 atom stereocenters. The van der Waals surface area contributed by atoms with E-state index in [1.165, 1.54) is 4.90 Å². The van der Waals surface area contributed by atoms with Crippen LogP contribution in [0.5, 0.6) is 0 Å². The van der Waals surface area contributed by atoms with Crippen LogP contribution >= 0.6 is 0 Å². The molecular formula is C16H24N4O4. The molecule has 0 saturated carbocycles. The molecule has 1 aliphatic rings. The van der Waals surface area contributed by atoms with Crippen LogP contribution in [0.15, 0.2) is 18.5 Å². The number of carbonyl (C=O) groups is 2. The maximum Gasteiger partial charge on any atom is 0.417 e. The number of carbonyl (C=O) groups excluding carboxylic acids is 2. The lowest BCUT2D eigenvalue weighted by Crippen LogP contribution is -2.50. The standard InChI is InChI=1S/C16H24N4O4/c1-12(2)4-5-13(21)14(22)24-16(23)20-10-8-19(9-11-20)15-17-6-3-7-18-15/h3,6-7,12-13,21H,4-5,8-11H2,1-2H3/t13-/m1/s1. The first-order valence-corrected chi connectivity index (χ1v) is 8.18. The van der Waals surface area contributed by atoms with E-state index in [0.717, 1.165) is 0 Å². The summed E-state index contributed by atoms with van der Waals surface area (Å²) in [7, 11) is 0. The number of aromatic nitrogens is 2. The van der Waals surface area contributed by atoms with Crippen LogP contribution in [-0.2, 0) is 9.53 Å². The van der Waals surface area contributed by atoms with Crippen molar-refractivity contribution in [3.05, 3.63) is 18.5 Å². The van der Waals surface area contributed by atoms with Gasteiger partial charge in [0.1, 0.15) is 0 Å². The number of amides is 1. The number of rotatable bonds is 5. The Hall–Kier alpha value is -2.22. The smallest absolute Gasteiger partial charge is 0.381 e. The summed E-state index contributed by atoms with van der Waals surface area (Å²) in [4.78, 5) is 35.5. The van der Waals surface area contributed by atoms with Crippen molar-refractivity contribution in [2.45, 2.75) is 32.8 Å². The molecule has 1 aromatic rings. The van der Waals surface area contributed by atoms with Crippen molar-refractivity contribution >= 4 is 18.0 Å². The molecule has 1 aromatic heterocycles. The van der Waals surface area contributed by atoms with Crippen molar-refractivity contribution in [1.82, 2.24) is 14.9 Å². The molecule has 2 heterocycles. The van der Waals surface area contributed by atoms with E-state index in [0.29, 0.717) is 50.9 Å². The Labute approximate surface area is 141 Å². The van der Waals surface area contributed by atoms with Gasteiger partial charge in [0.15, 0.2) is 6.10 Å². The van der Waals surface area contributed by atoms with Gasteiger partial charge in [0, 0.05) is 38.6 Å². The molecule has 2 rings (SSSR count). The SMILES string of the molecule is CC(C)CC[C@@H](O)C(=O)OC(=O)N1CCN(c2ncccn2)CC1. The molecule has 24 heavy (non-hydrogen) atoms. The minimum Gasteiger partial charge on any atom is -0.381 e. The fraction of sp³-hybridized carbons (Fsp3) is 0.625. The summed E-state index contributed by atoms with van der Waals surface area (Å²) in [5, 5.41) is 9.73. The van der Waals surface area contributed by atoms with Gasteiger partial charge < -0.3 is 19.6 Å². The molecule has 0 unspecified atom stereocenters. The van der Waals surface area contributed by atoms with Gasteiger partial charge in [0.25, 0.3) is 0 Å². The lowest BCUT2D eigenvalue weighted by Gasteiger charge is -2.33. The summed E-state index contributed by atoms with van der Waals surface area (Å²) in [6.45, 7) is 5.93. The molecule has 1 N–H and O–H groups in total. The van der Waals surface area contributed by atoms with Crippen LogP contribution in [0.3, 0.4) is 0 Å². The number of hydrogen-bond acceptors (Lipinski definition) is 7. The number of hydrogen-bond donors (Lipinski definition) is 1. The van der Waals surface area contributed by atoms with E-state index in [2.05, 4.69) is 9.97 Å². The Morgan fingerprint density at radius 2 is 1.79 bits per heavy atom. The number of anilines is 1. The van der Waals surface area contributed by atoms with Crippen LogP contribution in [-0.4, -0.2) is 64.3 Å². The number of aliphatic hydroxyl groups excluding tert-OH is 1.